The van der Waals surface area contributed by atoms with Gasteiger partial charge in [0, 0.05) is 22.8 Å². The number of halogens is 1. The van der Waals surface area contributed by atoms with Crippen molar-refractivity contribution in [3.05, 3.63) is 62.2 Å². The molecule has 0 radical (unpaired) electrons. The standard InChI is InChI=1S/C28H41ClN2OS/c1-16-17(2)19(4)24(20(5)18(16)3)28(32,27(9,10)11)22-14-21(29)12-13-23(22)31-25(33)30-15-26(6,7)8/h12-14,32H,15H2,1-11H3,(H2,30,31,33). The highest BCUT2D eigenvalue weighted by atomic mass is 35.5. The van der Waals surface area contributed by atoms with Crippen molar-refractivity contribution < 1.29 is 5.11 Å². The molecule has 0 aromatic heterocycles. The Bertz CT molecular complexity index is 1030. The lowest BCUT2D eigenvalue weighted by Crippen LogP contribution is -2.44. The molecule has 3 nitrogen and oxygen atoms in total. The third-order valence-electron chi connectivity index (χ3n) is 6.85. The first kappa shape index (κ1) is 27.6. The maximum Gasteiger partial charge on any atom is 0.170 e. The largest absolute Gasteiger partial charge is 0.380 e. The summed E-state index contributed by atoms with van der Waals surface area (Å²) in [6.45, 7) is 24.0. The highest BCUT2D eigenvalue weighted by Crippen LogP contribution is 2.51. The minimum atomic E-state index is -1.31. The number of hydrogen-bond donors (Lipinski definition) is 3. The second kappa shape index (κ2) is 9.56. The smallest absolute Gasteiger partial charge is 0.170 e. The second-order valence-electron chi connectivity index (χ2n) is 11.5. The molecule has 0 saturated heterocycles. The zero-order chi connectivity index (χ0) is 25.5. The van der Waals surface area contributed by atoms with Crippen LogP contribution in [0.2, 0.25) is 5.02 Å². The quantitative estimate of drug-likeness (QED) is 0.390. The molecule has 0 fully saturated rings. The molecule has 0 bridgehead atoms. The van der Waals surface area contributed by atoms with Crippen LogP contribution >= 0.6 is 23.8 Å². The van der Waals surface area contributed by atoms with Gasteiger partial charge in [0.05, 0.1) is 0 Å². The van der Waals surface area contributed by atoms with Gasteiger partial charge < -0.3 is 15.7 Å². The summed E-state index contributed by atoms with van der Waals surface area (Å²) in [7, 11) is 0. The monoisotopic (exact) mass is 488 g/mol. The van der Waals surface area contributed by atoms with Crippen molar-refractivity contribution in [3.63, 3.8) is 0 Å². The summed E-state index contributed by atoms with van der Waals surface area (Å²) in [6, 6.07) is 5.59. The van der Waals surface area contributed by atoms with E-state index in [2.05, 4.69) is 86.8 Å². The molecule has 0 aliphatic heterocycles. The summed E-state index contributed by atoms with van der Waals surface area (Å²) in [6.07, 6.45) is 0. The van der Waals surface area contributed by atoms with Gasteiger partial charge in [0.25, 0.3) is 0 Å². The number of aliphatic hydroxyl groups is 1. The molecule has 1 atom stereocenters. The average molecular weight is 489 g/mol. The molecule has 0 saturated carbocycles. The zero-order valence-corrected chi connectivity index (χ0v) is 23.7. The topological polar surface area (TPSA) is 44.3 Å². The first-order valence-electron chi connectivity index (χ1n) is 11.6. The fourth-order valence-electron chi connectivity index (χ4n) is 4.39. The minimum absolute atomic E-state index is 0.0892. The third-order valence-corrected chi connectivity index (χ3v) is 7.33. The molecule has 182 valence electrons. The highest BCUT2D eigenvalue weighted by molar-refractivity contribution is 7.80. The molecular weight excluding hydrogens is 448 g/mol. The van der Waals surface area contributed by atoms with Crippen molar-refractivity contribution in [1.29, 1.82) is 0 Å². The van der Waals surface area contributed by atoms with Crippen LogP contribution in [0.5, 0.6) is 0 Å². The van der Waals surface area contributed by atoms with E-state index in [9.17, 15) is 5.11 Å². The number of rotatable bonds is 4. The van der Waals surface area contributed by atoms with E-state index in [4.69, 9.17) is 23.8 Å². The second-order valence-corrected chi connectivity index (χ2v) is 12.4. The van der Waals surface area contributed by atoms with Gasteiger partial charge in [0.2, 0.25) is 0 Å². The van der Waals surface area contributed by atoms with Gasteiger partial charge in [-0.1, -0.05) is 53.1 Å². The maximum atomic E-state index is 12.7. The van der Waals surface area contributed by atoms with Gasteiger partial charge in [-0.15, -0.1) is 0 Å². The number of anilines is 1. The van der Waals surface area contributed by atoms with Crippen molar-refractivity contribution in [1.82, 2.24) is 5.32 Å². The third kappa shape index (κ3) is 5.55. The Morgan fingerprint density at radius 2 is 1.36 bits per heavy atom. The van der Waals surface area contributed by atoms with Gasteiger partial charge in [-0.05, 0) is 109 Å². The zero-order valence-electron chi connectivity index (χ0n) is 22.2. The van der Waals surface area contributed by atoms with Gasteiger partial charge in [0.15, 0.2) is 5.11 Å². The Hall–Kier alpha value is -1.62. The Morgan fingerprint density at radius 3 is 1.82 bits per heavy atom. The molecule has 1 unspecified atom stereocenters. The first-order valence-corrected chi connectivity index (χ1v) is 12.3. The van der Waals surface area contributed by atoms with E-state index >= 15 is 0 Å². The van der Waals surface area contributed by atoms with Crippen LogP contribution in [0.4, 0.5) is 5.69 Å². The summed E-state index contributed by atoms with van der Waals surface area (Å²) in [5.74, 6) is 0. The number of benzene rings is 2. The minimum Gasteiger partial charge on any atom is -0.380 e. The van der Waals surface area contributed by atoms with Crippen molar-refractivity contribution in [2.75, 3.05) is 11.9 Å². The van der Waals surface area contributed by atoms with Crippen LogP contribution in [-0.4, -0.2) is 16.8 Å². The fraction of sp³-hybridized carbons (Fsp3) is 0.536. The van der Waals surface area contributed by atoms with E-state index in [0.717, 1.165) is 34.5 Å². The number of nitrogens with one attached hydrogen (secondary N) is 2. The molecule has 2 aromatic carbocycles. The number of thiocarbonyl (C=S) groups is 1. The first-order chi connectivity index (χ1) is 14.9. The van der Waals surface area contributed by atoms with E-state index in [-0.39, 0.29) is 5.41 Å². The van der Waals surface area contributed by atoms with Gasteiger partial charge in [-0.3, -0.25) is 0 Å². The lowest BCUT2D eigenvalue weighted by molar-refractivity contribution is -0.0264. The Labute approximate surface area is 211 Å². The molecule has 0 aliphatic carbocycles. The van der Waals surface area contributed by atoms with Gasteiger partial charge >= 0.3 is 0 Å². The van der Waals surface area contributed by atoms with Crippen LogP contribution in [0.3, 0.4) is 0 Å². The molecule has 0 spiro atoms. The predicted molar refractivity (Wildman–Crippen MR) is 148 cm³/mol. The van der Waals surface area contributed by atoms with Gasteiger partial charge in [-0.2, -0.15) is 0 Å². The van der Waals surface area contributed by atoms with Gasteiger partial charge in [0.1, 0.15) is 5.60 Å². The molecule has 33 heavy (non-hydrogen) atoms. The number of hydrogen-bond acceptors (Lipinski definition) is 2. The summed E-state index contributed by atoms with van der Waals surface area (Å²) in [4.78, 5) is 0. The van der Waals surface area contributed by atoms with Crippen LogP contribution in [0.25, 0.3) is 0 Å². The van der Waals surface area contributed by atoms with Crippen molar-refractivity contribution in [2.45, 2.75) is 81.8 Å². The van der Waals surface area contributed by atoms with Crippen LogP contribution < -0.4 is 10.6 Å². The van der Waals surface area contributed by atoms with Crippen LogP contribution in [-0.2, 0) is 5.60 Å². The SMILES string of the molecule is Cc1c(C)c(C)c(C(O)(c2cc(Cl)ccc2NC(=S)NCC(C)(C)C)C(C)(C)C)c(C)c1C. The lowest BCUT2D eigenvalue weighted by Gasteiger charge is -2.45. The Balaban J connectivity index is 2.79. The Morgan fingerprint density at radius 1 is 0.879 bits per heavy atom. The van der Waals surface area contributed by atoms with Crippen molar-refractivity contribution >= 4 is 34.6 Å². The molecule has 2 aromatic rings. The predicted octanol–water partition coefficient (Wildman–Crippen LogP) is 7.50. The van der Waals surface area contributed by atoms with Crippen LogP contribution in [0, 0.1) is 45.4 Å². The molecule has 3 N–H and O–H groups in total. The van der Waals surface area contributed by atoms with E-state index < -0.39 is 11.0 Å². The van der Waals surface area contributed by atoms with Crippen molar-refractivity contribution in [3.8, 4) is 0 Å². The molecular formula is C28H41ClN2OS. The summed E-state index contributed by atoms with van der Waals surface area (Å²) < 4.78 is 0. The molecule has 0 aliphatic rings. The van der Waals surface area contributed by atoms with E-state index in [0.29, 0.717) is 10.1 Å². The molecule has 0 heterocycles. The summed E-state index contributed by atoms with van der Waals surface area (Å²) in [5, 5.41) is 20.4. The van der Waals surface area contributed by atoms with E-state index in [1.165, 1.54) is 16.7 Å². The van der Waals surface area contributed by atoms with Gasteiger partial charge in [-0.25, -0.2) is 0 Å². The Kier molecular flexibility index (Phi) is 8.00. The molecule has 2 rings (SSSR count). The highest BCUT2D eigenvalue weighted by Gasteiger charge is 2.47. The lowest BCUT2D eigenvalue weighted by atomic mass is 9.64. The normalized spacial score (nSPS) is 14.1. The van der Waals surface area contributed by atoms with E-state index in [1.807, 2.05) is 18.2 Å². The summed E-state index contributed by atoms with van der Waals surface area (Å²) >= 11 is 12.1. The van der Waals surface area contributed by atoms with Crippen LogP contribution in [0.15, 0.2) is 18.2 Å². The van der Waals surface area contributed by atoms with Crippen LogP contribution in [0.1, 0.15) is 80.5 Å². The van der Waals surface area contributed by atoms with E-state index in [1.54, 1.807) is 0 Å². The average Bonchev–Trinajstić information content (AvgIpc) is 2.69. The molecule has 5 heteroatoms. The summed E-state index contributed by atoms with van der Waals surface area (Å²) in [5.41, 5.74) is 6.54. The maximum absolute atomic E-state index is 12.7. The van der Waals surface area contributed by atoms with Crippen molar-refractivity contribution in [2.24, 2.45) is 10.8 Å². The fourth-order valence-corrected chi connectivity index (χ4v) is 4.75. The molecule has 0 amide bonds.